The summed E-state index contributed by atoms with van der Waals surface area (Å²) in [4.78, 5) is 12.8. The molecule has 1 aromatic carbocycles. The summed E-state index contributed by atoms with van der Waals surface area (Å²) in [5.41, 5.74) is 9.99. The Morgan fingerprint density at radius 3 is 2.61 bits per heavy atom. The first-order valence-corrected chi connectivity index (χ1v) is 8.87. The summed E-state index contributed by atoms with van der Waals surface area (Å²) in [5.74, 6) is 0.490. The lowest BCUT2D eigenvalue weighted by molar-refractivity contribution is -0.118. The number of allylic oxidation sites excluding steroid dienone is 1. The van der Waals surface area contributed by atoms with E-state index in [1.165, 1.54) is 31.2 Å². The number of rotatable bonds is 2. The fourth-order valence-corrected chi connectivity index (χ4v) is 3.91. The van der Waals surface area contributed by atoms with Crippen LogP contribution in [0.5, 0.6) is 0 Å². The van der Waals surface area contributed by atoms with Crippen LogP contribution < -0.4 is 11.1 Å². The normalized spacial score (nSPS) is 23.0. The summed E-state index contributed by atoms with van der Waals surface area (Å²) in [5, 5.41) is 3.55. The lowest BCUT2D eigenvalue weighted by Gasteiger charge is -2.36. The third-order valence-electron chi connectivity index (χ3n) is 5.07. The van der Waals surface area contributed by atoms with Crippen molar-refractivity contribution in [1.29, 1.82) is 0 Å². The van der Waals surface area contributed by atoms with E-state index in [0.29, 0.717) is 0 Å². The summed E-state index contributed by atoms with van der Waals surface area (Å²) < 4.78 is 0. The second-order valence-corrected chi connectivity index (χ2v) is 7.75. The minimum atomic E-state index is -0.0592. The largest absolute Gasteiger partial charge is 0.399 e. The van der Waals surface area contributed by atoms with E-state index in [4.69, 9.17) is 5.73 Å². The van der Waals surface area contributed by atoms with Gasteiger partial charge < -0.3 is 11.1 Å². The van der Waals surface area contributed by atoms with Crippen molar-refractivity contribution < 1.29 is 4.79 Å². The first-order chi connectivity index (χ1) is 10.9. The van der Waals surface area contributed by atoms with Gasteiger partial charge in [0, 0.05) is 34.5 Å². The zero-order valence-corrected chi connectivity index (χ0v) is 14.3. The Morgan fingerprint density at radius 2 is 1.91 bits per heavy atom. The van der Waals surface area contributed by atoms with Gasteiger partial charge in [-0.1, -0.05) is 31.7 Å². The molecule has 3 heteroatoms. The van der Waals surface area contributed by atoms with Crippen molar-refractivity contribution in [2.24, 2.45) is 5.92 Å². The van der Waals surface area contributed by atoms with Crippen molar-refractivity contribution in [2.45, 2.75) is 64.3 Å². The number of anilines is 1. The van der Waals surface area contributed by atoms with Gasteiger partial charge in [0.05, 0.1) is 0 Å². The zero-order chi connectivity index (χ0) is 16.4. The number of nitrogens with two attached hydrogens (primary N) is 1. The van der Waals surface area contributed by atoms with Crippen LogP contribution in [0.1, 0.15) is 63.5 Å². The van der Waals surface area contributed by atoms with Crippen LogP contribution in [0.3, 0.4) is 0 Å². The van der Waals surface area contributed by atoms with Crippen molar-refractivity contribution in [3.63, 3.8) is 0 Å². The molecule has 0 amide bonds. The Labute approximate surface area is 139 Å². The van der Waals surface area contributed by atoms with Gasteiger partial charge >= 0.3 is 0 Å². The van der Waals surface area contributed by atoms with E-state index < -0.39 is 0 Å². The molecule has 1 aliphatic carbocycles. The van der Waals surface area contributed by atoms with E-state index in [9.17, 15) is 4.79 Å². The number of nitrogens with one attached hydrogen (secondary N) is 1. The van der Waals surface area contributed by atoms with Gasteiger partial charge in [0.25, 0.3) is 0 Å². The highest BCUT2D eigenvalue weighted by Crippen LogP contribution is 2.32. The summed E-state index contributed by atoms with van der Waals surface area (Å²) in [6.07, 6.45) is 9.77. The van der Waals surface area contributed by atoms with Crippen molar-refractivity contribution in [3.05, 3.63) is 35.4 Å². The molecule has 23 heavy (non-hydrogen) atoms. The maximum absolute atomic E-state index is 12.8. The number of hydrogen-bond donors (Lipinski definition) is 2. The number of carbonyl (C=O) groups is 1. The van der Waals surface area contributed by atoms with Gasteiger partial charge in [-0.2, -0.15) is 0 Å². The van der Waals surface area contributed by atoms with Crippen LogP contribution in [0.4, 0.5) is 5.69 Å². The molecular formula is C20H28N2O. The molecule has 0 unspecified atom stereocenters. The summed E-state index contributed by atoms with van der Waals surface area (Å²) in [7, 11) is 0. The molecule has 3 N–H and O–H groups in total. The number of fused-ring (bicyclic) bond motifs is 1. The highest BCUT2D eigenvalue weighted by atomic mass is 16.1. The number of nitrogen functional groups attached to an aromatic ring is 1. The molecule has 3 rings (SSSR count). The molecule has 0 spiro atoms. The quantitative estimate of drug-likeness (QED) is 0.491. The molecule has 0 aromatic heterocycles. The molecular weight excluding hydrogens is 284 g/mol. The van der Waals surface area contributed by atoms with Crippen LogP contribution >= 0.6 is 0 Å². The number of carbonyl (C=O) groups excluding carboxylic acids is 1. The Bertz CT molecular complexity index is 623. The first-order valence-electron chi connectivity index (χ1n) is 8.87. The standard InChI is InChI=1S/C20H28N2O/c1-20(2)13-15-11-16(21)9-10-17(15)18(22-20)12-19(23)14-7-5-3-4-6-8-14/h9-12,14,22H,3-8,13,21H2,1-2H3/b18-12-. The maximum Gasteiger partial charge on any atom is 0.160 e. The third kappa shape index (κ3) is 3.77. The predicted molar refractivity (Wildman–Crippen MR) is 95.9 cm³/mol. The van der Waals surface area contributed by atoms with Crippen LogP contribution in [-0.2, 0) is 11.2 Å². The highest BCUT2D eigenvalue weighted by Gasteiger charge is 2.29. The van der Waals surface area contributed by atoms with E-state index in [0.717, 1.165) is 36.2 Å². The summed E-state index contributed by atoms with van der Waals surface area (Å²) in [6, 6.07) is 6.00. The Balaban J connectivity index is 1.90. The number of ketones is 1. The minimum Gasteiger partial charge on any atom is -0.399 e. The molecule has 1 heterocycles. The van der Waals surface area contributed by atoms with E-state index in [1.807, 2.05) is 24.3 Å². The molecule has 0 saturated heterocycles. The fraction of sp³-hybridized carbons (Fsp3) is 0.550. The molecule has 1 aliphatic heterocycles. The van der Waals surface area contributed by atoms with Gasteiger partial charge in [0.15, 0.2) is 5.78 Å². The van der Waals surface area contributed by atoms with Crippen LogP contribution in [0, 0.1) is 5.92 Å². The van der Waals surface area contributed by atoms with Crippen molar-refractivity contribution in [2.75, 3.05) is 5.73 Å². The summed E-state index contributed by atoms with van der Waals surface area (Å²) in [6.45, 7) is 4.34. The maximum atomic E-state index is 12.8. The molecule has 1 saturated carbocycles. The van der Waals surface area contributed by atoms with Crippen molar-refractivity contribution >= 4 is 17.2 Å². The molecule has 3 nitrogen and oxygen atoms in total. The average molecular weight is 312 g/mol. The van der Waals surface area contributed by atoms with Crippen molar-refractivity contribution in [1.82, 2.24) is 5.32 Å². The second kappa shape index (κ2) is 6.38. The zero-order valence-electron chi connectivity index (χ0n) is 14.3. The Morgan fingerprint density at radius 1 is 1.22 bits per heavy atom. The van der Waals surface area contributed by atoms with E-state index >= 15 is 0 Å². The second-order valence-electron chi connectivity index (χ2n) is 7.75. The first kappa shape index (κ1) is 16.1. The number of benzene rings is 1. The molecule has 0 bridgehead atoms. The van der Waals surface area contributed by atoms with Gasteiger partial charge in [0.2, 0.25) is 0 Å². The van der Waals surface area contributed by atoms with Crippen molar-refractivity contribution in [3.8, 4) is 0 Å². The van der Waals surface area contributed by atoms with Gasteiger partial charge in [0.1, 0.15) is 0 Å². The van der Waals surface area contributed by atoms with E-state index in [1.54, 1.807) is 0 Å². The van der Waals surface area contributed by atoms with Crippen LogP contribution in [-0.4, -0.2) is 11.3 Å². The number of hydrogen-bond acceptors (Lipinski definition) is 3. The van der Waals surface area contributed by atoms with Gasteiger partial charge in [-0.25, -0.2) is 0 Å². The summed E-state index contributed by atoms with van der Waals surface area (Å²) >= 11 is 0. The fourth-order valence-electron chi connectivity index (χ4n) is 3.91. The smallest absolute Gasteiger partial charge is 0.160 e. The molecule has 124 valence electrons. The molecule has 1 fully saturated rings. The SMILES string of the molecule is CC1(C)Cc2cc(N)ccc2/C(=C/C(=O)C2CCCCCC2)N1. The van der Waals surface area contributed by atoms with E-state index in [-0.39, 0.29) is 17.2 Å². The third-order valence-corrected chi connectivity index (χ3v) is 5.07. The van der Waals surface area contributed by atoms with Crippen LogP contribution in [0.25, 0.3) is 5.70 Å². The minimum absolute atomic E-state index is 0.0592. The average Bonchev–Trinajstić information content (AvgIpc) is 2.74. The topological polar surface area (TPSA) is 55.1 Å². The Kier molecular flexibility index (Phi) is 4.47. The van der Waals surface area contributed by atoms with Gasteiger partial charge in [-0.05, 0) is 50.8 Å². The lowest BCUT2D eigenvalue weighted by Crippen LogP contribution is -2.44. The highest BCUT2D eigenvalue weighted by molar-refractivity contribution is 5.98. The molecule has 1 aromatic rings. The monoisotopic (exact) mass is 312 g/mol. The van der Waals surface area contributed by atoms with Gasteiger partial charge in [-0.3, -0.25) is 4.79 Å². The lowest BCUT2D eigenvalue weighted by atomic mass is 9.84. The Hall–Kier alpha value is -1.77. The predicted octanol–water partition coefficient (Wildman–Crippen LogP) is 4.07. The molecule has 2 aliphatic rings. The molecule has 0 radical (unpaired) electrons. The molecule has 0 atom stereocenters. The van der Waals surface area contributed by atoms with Gasteiger partial charge in [-0.15, -0.1) is 0 Å². The van der Waals surface area contributed by atoms with Crippen LogP contribution in [0.15, 0.2) is 24.3 Å². The van der Waals surface area contributed by atoms with Crippen LogP contribution in [0.2, 0.25) is 0 Å². The van der Waals surface area contributed by atoms with E-state index in [2.05, 4.69) is 19.2 Å².